The number of pyridine rings is 1. The smallest absolute Gasteiger partial charge is 0.164 e. The summed E-state index contributed by atoms with van der Waals surface area (Å²) in [4.78, 5) is 15.7. The minimum Gasteiger partial charge on any atom is -0.294 e. The maximum Gasteiger partial charge on any atom is 0.164 e. The van der Waals surface area contributed by atoms with Gasteiger partial charge >= 0.3 is 0 Å². The molecule has 1 aliphatic rings. The number of aromatic nitrogens is 1. The fourth-order valence-corrected chi connectivity index (χ4v) is 1.75. The van der Waals surface area contributed by atoms with Crippen LogP contribution in [0.3, 0.4) is 0 Å². The predicted octanol–water partition coefficient (Wildman–Crippen LogP) is 1.78. The lowest BCUT2D eigenvalue weighted by Crippen LogP contribution is -2.13. The van der Waals surface area contributed by atoms with E-state index in [1.165, 1.54) is 0 Å². The van der Waals surface area contributed by atoms with E-state index in [0.717, 1.165) is 24.1 Å². The summed E-state index contributed by atoms with van der Waals surface area (Å²) in [6.45, 7) is 1.81. The Balaban J connectivity index is 2.61. The molecule has 0 aliphatic heterocycles. The molecule has 3 heteroatoms. The van der Waals surface area contributed by atoms with Crippen molar-refractivity contribution >= 4 is 5.78 Å². The number of nitriles is 1. The first-order chi connectivity index (χ1) is 6.72. The van der Waals surface area contributed by atoms with E-state index >= 15 is 0 Å². The monoisotopic (exact) mass is 186 g/mol. The number of nitrogens with zero attached hydrogens (tertiary/aromatic N) is 2. The molecule has 3 nitrogen and oxygen atoms in total. The SMILES string of the molecule is Cc1cc2c(nc1C#N)CCCC2=O. The molecule has 1 aromatic rings. The van der Waals surface area contributed by atoms with Crippen LogP contribution >= 0.6 is 0 Å². The predicted molar refractivity (Wildman–Crippen MR) is 51.0 cm³/mol. The number of carbonyl (C=O) groups is 1. The van der Waals surface area contributed by atoms with Gasteiger partial charge in [-0.25, -0.2) is 4.98 Å². The Hall–Kier alpha value is -1.69. The van der Waals surface area contributed by atoms with E-state index in [1.807, 2.05) is 13.0 Å². The molecule has 1 aliphatic carbocycles. The average molecular weight is 186 g/mol. The second-order valence-electron chi connectivity index (χ2n) is 3.54. The summed E-state index contributed by atoms with van der Waals surface area (Å²) in [6.07, 6.45) is 2.28. The Morgan fingerprint density at radius 3 is 3.00 bits per heavy atom. The van der Waals surface area contributed by atoms with Crippen molar-refractivity contribution in [2.45, 2.75) is 26.2 Å². The van der Waals surface area contributed by atoms with E-state index < -0.39 is 0 Å². The van der Waals surface area contributed by atoms with Gasteiger partial charge < -0.3 is 0 Å². The third-order valence-electron chi connectivity index (χ3n) is 2.52. The zero-order chi connectivity index (χ0) is 10.1. The molecule has 0 N–H and O–H groups in total. The summed E-state index contributed by atoms with van der Waals surface area (Å²) in [5, 5.41) is 8.79. The second-order valence-corrected chi connectivity index (χ2v) is 3.54. The zero-order valence-corrected chi connectivity index (χ0v) is 8.00. The summed E-state index contributed by atoms with van der Waals surface area (Å²) < 4.78 is 0. The normalized spacial score (nSPS) is 14.7. The van der Waals surface area contributed by atoms with Gasteiger partial charge in [0.2, 0.25) is 0 Å². The third kappa shape index (κ3) is 1.29. The Morgan fingerprint density at radius 2 is 2.29 bits per heavy atom. The summed E-state index contributed by atoms with van der Waals surface area (Å²) in [7, 11) is 0. The van der Waals surface area contributed by atoms with Crippen LogP contribution in [0.5, 0.6) is 0 Å². The lowest BCUT2D eigenvalue weighted by atomic mass is 9.93. The van der Waals surface area contributed by atoms with Crippen molar-refractivity contribution in [3.05, 3.63) is 28.6 Å². The highest BCUT2D eigenvalue weighted by Crippen LogP contribution is 2.21. The molecule has 0 aromatic carbocycles. The van der Waals surface area contributed by atoms with E-state index in [1.54, 1.807) is 6.07 Å². The van der Waals surface area contributed by atoms with Crippen molar-refractivity contribution in [2.75, 3.05) is 0 Å². The first-order valence-corrected chi connectivity index (χ1v) is 4.66. The van der Waals surface area contributed by atoms with E-state index in [-0.39, 0.29) is 5.78 Å². The summed E-state index contributed by atoms with van der Waals surface area (Å²) >= 11 is 0. The zero-order valence-electron chi connectivity index (χ0n) is 8.00. The van der Waals surface area contributed by atoms with Crippen LogP contribution < -0.4 is 0 Å². The molecule has 0 bridgehead atoms. The summed E-state index contributed by atoms with van der Waals surface area (Å²) in [6, 6.07) is 3.83. The van der Waals surface area contributed by atoms with Gasteiger partial charge in [-0.1, -0.05) is 0 Å². The van der Waals surface area contributed by atoms with Crippen molar-refractivity contribution in [3.63, 3.8) is 0 Å². The lowest BCUT2D eigenvalue weighted by molar-refractivity contribution is 0.0971. The molecule has 0 saturated carbocycles. The molecule has 0 radical (unpaired) electrons. The fraction of sp³-hybridized carbons (Fsp3) is 0.364. The maximum absolute atomic E-state index is 11.5. The summed E-state index contributed by atoms with van der Waals surface area (Å²) in [5.74, 6) is 0.159. The van der Waals surface area contributed by atoms with Crippen LogP contribution in [-0.2, 0) is 6.42 Å². The van der Waals surface area contributed by atoms with Crippen molar-refractivity contribution in [3.8, 4) is 6.07 Å². The van der Waals surface area contributed by atoms with Gasteiger partial charge in [0.05, 0.1) is 5.69 Å². The highest BCUT2D eigenvalue weighted by atomic mass is 16.1. The van der Waals surface area contributed by atoms with Gasteiger partial charge in [-0.05, 0) is 31.4 Å². The Kier molecular flexibility index (Phi) is 2.05. The number of Topliss-reactive ketones (excluding diaryl/α,β-unsaturated/α-hetero) is 1. The molecular weight excluding hydrogens is 176 g/mol. The van der Waals surface area contributed by atoms with Crippen LogP contribution in [0.2, 0.25) is 0 Å². The highest BCUT2D eigenvalue weighted by Gasteiger charge is 2.19. The molecule has 14 heavy (non-hydrogen) atoms. The first-order valence-electron chi connectivity index (χ1n) is 4.66. The van der Waals surface area contributed by atoms with Gasteiger partial charge in [-0.2, -0.15) is 5.26 Å². The Bertz CT molecular complexity index is 443. The molecule has 0 saturated heterocycles. The minimum absolute atomic E-state index is 0.159. The summed E-state index contributed by atoms with van der Waals surface area (Å²) in [5.41, 5.74) is 2.75. The number of rotatable bonds is 0. The van der Waals surface area contributed by atoms with Crippen molar-refractivity contribution in [1.29, 1.82) is 5.26 Å². The van der Waals surface area contributed by atoms with Crippen LogP contribution in [0.15, 0.2) is 6.07 Å². The van der Waals surface area contributed by atoms with Gasteiger partial charge in [0.25, 0.3) is 0 Å². The van der Waals surface area contributed by atoms with Crippen LogP contribution in [0.25, 0.3) is 0 Å². The van der Waals surface area contributed by atoms with Crippen molar-refractivity contribution < 1.29 is 4.79 Å². The number of ketones is 1. The molecule has 0 unspecified atom stereocenters. The Labute approximate surface area is 82.4 Å². The number of hydrogen-bond acceptors (Lipinski definition) is 3. The minimum atomic E-state index is 0.159. The molecule has 0 spiro atoms. The van der Waals surface area contributed by atoms with Crippen LogP contribution in [0.1, 0.15) is 40.2 Å². The molecule has 0 fully saturated rings. The van der Waals surface area contributed by atoms with Gasteiger partial charge in [0.15, 0.2) is 5.78 Å². The maximum atomic E-state index is 11.5. The molecule has 1 heterocycles. The largest absolute Gasteiger partial charge is 0.294 e. The standard InChI is InChI=1S/C11H10N2O/c1-7-5-8-9(13-10(7)6-12)3-2-4-11(8)14/h5H,2-4H2,1H3. The van der Waals surface area contributed by atoms with E-state index in [9.17, 15) is 4.79 Å². The number of fused-ring (bicyclic) bond motifs is 1. The lowest BCUT2D eigenvalue weighted by Gasteiger charge is -2.14. The van der Waals surface area contributed by atoms with Crippen LogP contribution in [0, 0.1) is 18.3 Å². The molecule has 70 valence electrons. The number of aryl methyl sites for hydroxylation is 2. The van der Waals surface area contributed by atoms with Crippen LogP contribution in [-0.4, -0.2) is 10.8 Å². The molecule has 0 amide bonds. The van der Waals surface area contributed by atoms with E-state index in [4.69, 9.17) is 5.26 Å². The molecule has 2 rings (SSSR count). The quantitative estimate of drug-likeness (QED) is 0.620. The van der Waals surface area contributed by atoms with Crippen LogP contribution in [0.4, 0.5) is 0 Å². The molecular formula is C11H10N2O. The number of carbonyl (C=O) groups excluding carboxylic acids is 1. The van der Waals surface area contributed by atoms with Crippen molar-refractivity contribution in [2.24, 2.45) is 0 Å². The van der Waals surface area contributed by atoms with Gasteiger partial charge in [0, 0.05) is 12.0 Å². The molecule has 1 aromatic heterocycles. The Morgan fingerprint density at radius 1 is 1.50 bits per heavy atom. The average Bonchev–Trinajstić information content (AvgIpc) is 2.19. The second kappa shape index (κ2) is 3.22. The van der Waals surface area contributed by atoms with Gasteiger partial charge in [-0.15, -0.1) is 0 Å². The first kappa shape index (κ1) is 8.89. The van der Waals surface area contributed by atoms with Crippen molar-refractivity contribution in [1.82, 2.24) is 4.98 Å². The third-order valence-corrected chi connectivity index (χ3v) is 2.52. The van der Waals surface area contributed by atoms with Gasteiger partial charge in [-0.3, -0.25) is 4.79 Å². The topological polar surface area (TPSA) is 53.8 Å². The highest BCUT2D eigenvalue weighted by molar-refractivity contribution is 5.98. The van der Waals surface area contributed by atoms with E-state index in [0.29, 0.717) is 17.7 Å². The molecule has 0 atom stereocenters. The number of hydrogen-bond donors (Lipinski definition) is 0. The fourth-order valence-electron chi connectivity index (χ4n) is 1.75. The van der Waals surface area contributed by atoms with Gasteiger partial charge in [0.1, 0.15) is 11.8 Å². The van der Waals surface area contributed by atoms with E-state index in [2.05, 4.69) is 4.98 Å².